The molecule has 2 aromatic rings. The lowest BCUT2D eigenvalue weighted by Crippen LogP contribution is -2.26. The minimum atomic E-state index is -0.103. The largest absolute Gasteiger partial charge is 0.312 e. The summed E-state index contributed by atoms with van der Waals surface area (Å²) in [5.74, 6) is -0.103. The second-order valence-corrected chi connectivity index (χ2v) is 6.54. The van der Waals surface area contributed by atoms with Crippen molar-refractivity contribution in [3.63, 3.8) is 0 Å². The van der Waals surface area contributed by atoms with Gasteiger partial charge in [-0.05, 0) is 45.1 Å². The van der Waals surface area contributed by atoms with E-state index >= 15 is 0 Å². The van der Waals surface area contributed by atoms with E-state index in [1.165, 1.54) is 4.88 Å². The SMILES string of the molecule is CCNCc1sc2cccc(F)c2c1CN(C)C(C)C. The number of benzene rings is 1. The van der Waals surface area contributed by atoms with Crippen LogP contribution >= 0.6 is 11.3 Å². The molecule has 0 radical (unpaired) electrons. The molecule has 0 bridgehead atoms. The van der Waals surface area contributed by atoms with Crippen molar-refractivity contribution in [1.82, 2.24) is 10.2 Å². The van der Waals surface area contributed by atoms with Gasteiger partial charge in [0.1, 0.15) is 5.82 Å². The van der Waals surface area contributed by atoms with E-state index in [9.17, 15) is 4.39 Å². The monoisotopic (exact) mass is 294 g/mol. The van der Waals surface area contributed by atoms with E-state index in [0.29, 0.717) is 6.04 Å². The highest BCUT2D eigenvalue weighted by Crippen LogP contribution is 2.34. The standard InChI is InChI=1S/C16H23FN2S/c1-5-18-9-15-12(10-19(4)11(2)3)16-13(17)7-6-8-14(16)20-15/h6-8,11,18H,5,9-10H2,1-4H3. The Balaban J connectivity index is 2.45. The van der Waals surface area contributed by atoms with Crippen LogP contribution in [0.1, 0.15) is 31.2 Å². The van der Waals surface area contributed by atoms with Crippen LogP contribution < -0.4 is 5.32 Å². The molecule has 0 amide bonds. The molecule has 0 saturated carbocycles. The fraction of sp³-hybridized carbons (Fsp3) is 0.500. The maximum absolute atomic E-state index is 14.2. The molecule has 0 saturated heterocycles. The van der Waals surface area contributed by atoms with Crippen molar-refractivity contribution < 1.29 is 4.39 Å². The first kappa shape index (κ1) is 15.4. The van der Waals surface area contributed by atoms with Gasteiger partial charge in [-0.15, -0.1) is 11.3 Å². The summed E-state index contributed by atoms with van der Waals surface area (Å²) in [5.41, 5.74) is 1.14. The Bertz CT molecular complexity index is 577. The van der Waals surface area contributed by atoms with Crippen LogP contribution in [0.15, 0.2) is 18.2 Å². The van der Waals surface area contributed by atoms with Gasteiger partial charge in [0.15, 0.2) is 0 Å². The van der Waals surface area contributed by atoms with Gasteiger partial charge in [0.25, 0.3) is 0 Å². The van der Waals surface area contributed by atoms with E-state index in [-0.39, 0.29) is 5.82 Å². The van der Waals surface area contributed by atoms with E-state index in [0.717, 1.165) is 35.3 Å². The molecule has 0 aliphatic heterocycles. The molecular formula is C16H23FN2S. The zero-order valence-corrected chi connectivity index (χ0v) is 13.5. The lowest BCUT2D eigenvalue weighted by atomic mass is 10.1. The highest BCUT2D eigenvalue weighted by molar-refractivity contribution is 7.19. The van der Waals surface area contributed by atoms with Crippen LogP contribution in [0.5, 0.6) is 0 Å². The van der Waals surface area contributed by atoms with E-state index in [1.54, 1.807) is 23.5 Å². The normalized spacial score (nSPS) is 11.9. The van der Waals surface area contributed by atoms with Gasteiger partial charge in [0, 0.05) is 34.1 Å². The fourth-order valence-electron chi connectivity index (χ4n) is 2.20. The fourth-order valence-corrected chi connectivity index (χ4v) is 3.40. The molecule has 1 heterocycles. The number of thiophene rings is 1. The van der Waals surface area contributed by atoms with E-state index in [4.69, 9.17) is 0 Å². The quantitative estimate of drug-likeness (QED) is 0.866. The van der Waals surface area contributed by atoms with E-state index in [2.05, 4.69) is 38.0 Å². The third kappa shape index (κ3) is 3.19. The highest BCUT2D eigenvalue weighted by atomic mass is 32.1. The predicted molar refractivity (Wildman–Crippen MR) is 85.8 cm³/mol. The van der Waals surface area contributed by atoms with Crippen LogP contribution in [0.25, 0.3) is 10.1 Å². The molecule has 0 aliphatic carbocycles. The summed E-state index contributed by atoms with van der Waals surface area (Å²) in [6, 6.07) is 5.81. The molecule has 0 aliphatic rings. The van der Waals surface area contributed by atoms with Crippen molar-refractivity contribution in [2.24, 2.45) is 0 Å². The number of halogens is 1. The molecule has 4 heteroatoms. The zero-order valence-electron chi connectivity index (χ0n) is 12.7. The summed E-state index contributed by atoms with van der Waals surface area (Å²) in [6.07, 6.45) is 0. The molecule has 1 aromatic heterocycles. The molecule has 1 N–H and O–H groups in total. The Morgan fingerprint density at radius 2 is 2.10 bits per heavy atom. The molecule has 0 fully saturated rings. The van der Waals surface area contributed by atoms with Crippen molar-refractivity contribution in [1.29, 1.82) is 0 Å². The average molecular weight is 294 g/mol. The number of nitrogens with one attached hydrogen (secondary N) is 1. The Morgan fingerprint density at radius 1 is 1.35 bits per heavy atom. The lowest BCUT2D eigenvalue weighted by Gasteiger charge is -2.21. The lowest BCUT2D eigenvalue weighted by molar-refractivity contribution is 0.266. The predicted octanol–water partition coefficient (Wildman–Crippen LogP) is 3.99. The molecule has 0 spiro atoms. The molecule has 0 atom stereocenters. The van der Waals surface area contributed by atoms with Crippen LogP contribution in [0.2, 0.25) is 0 Å². The Hall–Kier alpha value is -0.970. The van der Waals surface area contributed by atoms with Crippen molar-refractivity contribution in [3.05, 3.63) is 34.5 Å². The van der Waals surface area contributed by atoms with Gasteiger partial charge in [-0.2, -0.15) is 0 Å². The first-order chi connectivity index (χ1) is 9.54. The van der Waals surface area contributed by atoms with Gasteiger partial charge in [0.05, 0.1) is 0 Å². The number of nitrogens with zero attached hydrogens (tertiary/aromatic N) is 1. The Labute approximate surface area is 124 Å². The summed E-state index contributed by atoms with van der Waals surface area (Å²) in [4.78, 5) is 3.50. The van der Waals surface area contributed by atoms with Gasteiger partial charge in [-0.3, -0.25) is 4.90 Å². The Kier molecular flexibility index (Phi) is 5.13. The van der Waals surface area contributed by atoms with Gasteiger partial charge in [-0.25, -0.2) is 4.39 Å². The van der Waals surface area contributed by atoms with Crippen LogP contribution in [0.3, 0.4) is 0 Å². The number of hydrogen-bond donors (Lipinski definition) is 1. The van der Waals surface area contributed by atoms with Gasteiger partial charge >= 0.3 is 0 Å². The van der Waals surface area contributed by atoms with Crippen molar-refractivity contribution in [3.8, 4) is 0 Å². The van der Waals surface area contributed by atoms with E-state index in [1.807, 2.05) is 6.07 Å². The molecular weight excluding hydrogens is 271 g/mol. The minimum Gasteiger partial charge on any atom is -0.312 e. The average Bonchev–Trinajstić information content (AvgIpc) is 2.75. The maximum atomic E-state index is 14.2. The Morgan fingerprint density at radius 3 is 2.75 bits per heavy atom. The van der Waals surface area contributed by atoms with Gasteiger partial charge < -0.3 is 5.32 Å². The summed E-state index contributed by atoms with van der Waals surface area (Å²) in [7, 11) is 2.09. The van der Waals surface area contributed by atoms with Gasteiger partial charge in [-0.1, -0.05) is 13.0 Å². The van der Waals surface area contributed by atoms with Crippen LogP contribution in [0.4, 0.5) is 4.39 Å². The number of fused-ring (bicyclic) bond motifs is 1. The second kappa shape index (κ2) is 6.66. The summed E-state index contributed by atoms with van der Waals surface area (Å²) in [5, 5.41) is 4.16. The van der Waals surface area contributed by atoms with Crippen molar-refractivity contribution in [2.45, 2.75) is 39.9 Å². The van der Waals surface area contributed by atoms with Crippen molar-refractivity contribution >= 4 is 21.4 Å². The third-order valence-electron chi connectivity index (χ3n) is 3.67. The molecule has 2 rings (SSSR count). The van der Waals surface area contributed by atoms with Gasteiger partial charge in [0.2, 0.25) is 0 Å². The molecule has 0 unspecified atom stereocenters. The van der Waals surface area contributed by atoms with Crippen LogP contribution in [0, 0.1) is 5.82 Å². The smallest absolute Gasteiger partial charge is 0.132 e. The topological polar surface area (TPSA) is 15.3 Å². The number of hydrogen-bond acceptors (Lipinski definition) is 3. The summed E-state index contributed by atoms with van der Waals surface area (Å²) < 4.78 is 15.2. The first-order valence-electron chi connectivity index (χ1n) is 7.14. The molecule has 1 aromatic carbocycles. The highest BCUT2D eigenvalue weighted by Gasteiger charge is 2.17. The van der Waals surface area contributed by atoms with Crippen LogP contribution in [-0.4, -0.2) is 24.5 Å². The summed E-state index contributed by atoms with van der Waals surface area (Å²) >= 11 is 1.70. The van der Waals surface area contributed by atoms with Crippen molar-refractivity contribution in [2.75, 3.05) is 13.6 Å². The zero-order chi connectivity index (χ0) is 14.7. The molecule has 2 nitrogen and oxygen atoms in total. The molecule has 110 valence electrons. The first-order valence-corrected chi connectivity index (χ1v) is 7.96. The minimum absolute atomic E-state index is 0.103. The second-order valence-electron chi connectivity index (χ2n) is 5.41. The maximum Gasteiger partial charge on any atom is 0.132 e. The van der Waals surface area contributed by atoms with Crippen LogP contribution in [-0.2, 0) is 13.1 Å². The molecule has 20 heavy (non-hydrogen) atoms. The summed E-state index contributed by atoms with van der Waals surface area (Å²) in [6.45, 7) is 8.95. The number of rotatable bonds is 6. The third-order valence-corrected chi connectivity index (χ3v) is 4.87. The van der Waals surface area contributed by atoms with E-state index < -0.39 is 0 Å².